The van der Waals surface area contributed by atoms with Gasteiger partial charge in [-0.25, -0.2) is 0 Å². The molecule has 0 rings (SSSR count). The Labute approximate surface area is 103 Å². The first-order valence-corrected chi connectivity index (χ1v) is 5.38. The molecular weight excluding hydrogens is 230 g/mol. The van der Waals surface area contributed by atoms with Gasteiger partial charge in [-0.15, -0.1) is 12.4 Å². The zero-order chi connectivity index (χ0) is 11.5. The lowest BCUT2D eigenvalue weighted by Crippen LogP contribution is -2.37. The first-order chi connectivity index (χ1) is 7.20. The summed E-state index contributed by atoms with van der Waals surface area (Å²) in [6, 6.07) is 0. The molecule has 0 aliphatic carbocycles. The van der Waals surface area contributed by atoms with Crippen LogP contribution in [-0.4, -0.2) is 38.5 Å². The average Bonchev–Trinajstić information content (AvgIpc) is 2.22. The number of rotatable bonds is 8. The highest BCUT2D eigenvalue weighted by Crippen LogP contribution is 1.84. The standard InChI is InChI=1S/C10H21N3O2.ClH/c1-3-5-9(14)13-8-10(15)12-7-4-6-11-2;/h11H,3-8H2,1-2H3,(H,12,15)(H,13,14);1H. The van der Waals surface area contributed by atoms with Crippen LogP contribution in [0.2, 0.25) is 0 Å². The monoisotopic (exact) mass is 251 g/mol. The van der Waals surface area contributed by atoms with Crippen molar-refractivity contribution in [2.45, 2.75) is 26.2 Å². The van der Waals surface area contributed by atoms with E-state index < -0.39 is 0 Å². The van der Waals surface area contributed by atoms with E-state index in [1.54, 1.807) is 0 Å². The molecule has 0 unspecified atom stereocenters. The number of nitrogens with one attached hydrogen (secondary N) is 3. The second-order valence-corrected chi connectivity index (χ2v) is 3.33. The molecule has 0 heterocycles. The van der Waals surface area contributed by atoms with Crippen molar-refractivity contribution in [3.8, 4) is 0 Å². The summed E-state index contributed by atoms with van der Waals surface area (Å²) in [7, 11) is 1.87. The Hall–Kier alpha value is -0.810. The van der Waals surface area contributed by atoms with Crippen LogP contribution in [-0.2, 0) is 9.59 Å². The maximum absolute atomic E-state index is 11.2. The Morgan fingerprint density at radius 1 is 1.06 bits per heavy atom. The van der Waals surface area contributed by atoms with E-state index in [4.69, 9.17) is 0 Å². The van der Waals surface area contributed by atoms with E-state index in [0.717, 1.165) is 19.4 Å². The van der Waals surface area contributed by atoms with Crippen LogP contribution >= 0.6 is 12.4 Å². The molecule has 2 amide bonds. The van der Waals surface area contributed by atoms with Gasteiger partial charge < -0.3 is 16.0 Å². The molecule has 0 aliphatic heterocycles. The van der Waals surface area contributed by atoms with Gasteiger partial charge in [0.15, 0.2) is 0 Å². The van der Waals surface area contributed by atoms with Crippen LogP contribution in [0.15, 0.2) is 0 Å². The Kier molecular flexibility index (Phi) is 13.5. The third-order valence-corrected chi connectivity index (χ3v) is 1.85. The largest absolute Gasteiger partial charge is 0.355 e. The van der Waals surface area contributed by atoms with Gasteiger partial charge in [-0.3, -0.25) is 9.59 Å². The van der Waals surface area contributed by atoms with E-state index in [1.807, 2.05) is 14.0 Å². The molecule has 0 bridgehead atoms. The van der Waals surface area contributed by atoms with Gasteiger partial charge in [-0.2, -0.15) is 0 Å². The first-order valence-electron chi connectivity index (χ1n) is 5.38. The first kappa shape index (κ1) is 17.6. The Morgan fingerprint density at radius 3 is 2.31 bits per heavy atom. The molecule has 16 heavy (non-hydrogen) atoms. The van der Waals surface area contributed by atoms with Crippen molar-refractivity contribution >= 4 is 24.2 Å². The van der Waals surface area contributed by atoms with Gasteiger partial charge in [0, 0.05) is 13.0 Å². The quantitative estimate of drug-likeness (QED) is 0.534. The lowest BCUT2D eigenvalue weighted by molar-refractivity contribution is -0.126. The van der Waals surface area contributed by atoms with Crippen LogP contribution in [0.25, 0.3) is 0 Å². The SMILES string of the molecule is CCCC(=O)NCC(=O)NCCCNC.Cl. The van der Waals surface area contributed by atoms with Crippen molar-refractivity contribution in [1.82, 2.24) is 16.0 Å². The van der Waals surface area contributed by atoms with Crippen LogP contribution < -0.4 is 16.0 Å². The van der Waals surface area contributed by atoms with Gasteiger partial charge in [0.25, 0.3) is 0 Å². The van der Waals surface area contributed by atoms with Gasteiger partial charge in [-0.05, 0) is 26.4 Å². The number of carbonyl (C=O) groups is 2. The molecule has 5 nitrogen and oxygen atoms in total. The number of carbonyl (C=O) groups excluding carboxylic acids is 2. The predicted octanol–water partition coefficient (Wildman–Crippen LogP) is 0.0502. The summed E-state index contributed by atoms with van der Waals surface area (Å²) in [6.45, 7) is 3.53. The second-order valence-electron chi connectivity index (χ2n) is 3.33. The van der Waals surface area contributed by atoms with Crippen molar-refractivity contribution in [3.63, 3.8) is 0 Å². The molecular formula is C10H22ClN3O2. The molecule has 96 valence electrons. The van der Waals surface area contributed by atoms with Crippen molar-refractivity contribution in [3.05, 3.63) is 0 Å². The average molecular weight is 252 g/mol. The summed E-state index contributed by atoms with van der Waals surface area (Å²) in [6.07, 6.45) is 2.17. The maximum Gasteiger partial charge on any atom is 0.239 e. The van der Waals surface area contributed by atoms with E-state index in [1.165, 1.54) is 0 Å². The molecule has 0 saturated heterocycles. The topological polar surface area (TPSA) is 70.2 Å². The maximum atomic E-state index is 11.2. The van der Waals surface area contributed by atoms with E-state index in [9.17, 15) is 9.59 Å². The third kappa shape index (κ3) is 11.3. The molecule has 3 N–H and O–H groups in total. The summed E-state index contributed by atoms with van der Waals surface area (Å²) in [5.41, 5.74) is 0. The lowest BCUT2D eigenvalue weighted by atomic mass is 10.3. The second kappa shape index (κ2) is 12.3. The molecule has 0 aromatic rings. The highest BCUT2D eigenvalue weighted by Gasteiger charge is 2.03. The molecule has 0 fully saturated rings. The van der Waals surface area contributed by atoms with Crippen molar-refractivity contribution < 1.29 is 9.59 Å². The van der Waals surface area contributed by atoms with Gasteiger partial charge in [0.1, 0.15) is 0 Å². The Bertz CT molecular complexity index is 201. The predicted molar refractivity (Wildman–Crippen MR) is 66.7 cm³/mol. The molecule has 0 aliphatic rings. The lowest BCUT2D eigenvalue weighted by Gasteiger charge is -2.06. The van der Waals surface area contributed by atoms with Crippen LogP contribution in [0.1, 0.15) is 26.2 Å². The molecule has 0 atom stereocenters. The summed E-state index contributed by atoms with van der Waals surface area (Å²) in [5.74, 6) is -0.196. The van der Waals surface area contributed by atoms with Crippen LogP contribution in [0.3, 0.4) is 0 Å². The summed E-state index contributed by atoms with van der Waals surface area (Å²) in [5, 5.41) is 8.27. The smallest absolute Gasteiger partial charge is 0.239 e. The molecule has 0 aromatic heterocycles. The summed E-state index contributed by atoms with van der Waals surface area (Å²) < 4.78 is 0. The Balaban J connectivity index is 0. The number of hydrogen-bond donors (Lipinski definition) is 3. The fourth-order valence-electron chi connectivity index (χ4n) is 1.05. The molecule has 0 saturated carbocycles. The molecule has 0 spiro atoms. The minimum Gasteiger partial charge on any atom is -0.355 e. The fourth-order valence-corrected chi connectivity index (χ4v) is 1.05. The molecule has 0 radical (unpaired) electrons. The third-order valence-electron chi connectivity index (χ3n) is 1.85. The zero-order valence-corrected chi connectivity index (χ0v) is 10.8. The zero-order valence-electron chi connectivity index (χ0n) is 9.97. The number of halogens is 1. The minimum atomic E-state index is -0.129. The fraction of sp³-hybridized carbons (Fsp3) is 0.800. The van der Waals surface area contributed by atoms with Crippen LogP contribution in [0, 0.1) is 0 Å². The van der Waals surface area contributed by atoms with Gasteiger partial charge in [-0.1, -0.05) is 6.92 Å². The normalized spacial score (nSPS) is 9.12. The van der Waals surface area contributed by atoms with Gasteiger partial charge >= 0.3 is 0 Å². The van der Waals surface area contributed by atoms with Crippen molar-refractivity contribution in [2.24, 2.45) is 0 Å². The van der Waals surface area contributed by atoms with E-state index in [0.29, 0.717) is 13.0 Å². The van der Waals surface area contributed by atoms with Crippen molar-refractivity contribution in [1.29, 1.82) is 0 Å². The van der Waals surface area contributed by atoms with E-state index >= 15 is 0 Å². The van der Waals surface area contributed by atoms with Crippen LogP contribution in [0.5, 0.6) is 0 Å². The van der Waals surface area contributed by atoms with Crippen molar-refractivity contribution in [2.75, 3.05) is 26.7 Å². The number of amides is 2. The summed E-state index contributed by atoms with van der Waals surface area (Å²) >= 11 is 0. The number of hydrogen-bond acceptors (Lipinski definition) is 3. The molecule has 6 heteroatoms. The van der Waals surface area contributed by atoms with E-state index in [-0.39, 0.29) is 30.8 Å². The summed E-state index contributed by atoms with van der Waals surface area (Å²) in [4.78, 5) is 22.2. The molecule has 0 aromatic carbocycles. The van der Waals surface area contributed by atoms with Gasteiger partial charge in [0.2, 0.25) is 11.8 Å². The van der Waals surface area contributed by atoms with Gasteiger partial charge in [0.05, 0.1) is 6.54 Å². The van der Waals surface area contributed by atoms with E-state index in [2.05, 4.69) is 16.0 Å². The highest BCUT2D eigenvalue weighted by atomic mass is 35.5. The Morgan fingerprint density at radius 2 is 1.75 bits per heavy atom. The minimum absolute atomic E-state index is 0. The highest BCUT2D eigenvalue weighted by molar-refractivity contribution is 5.85. The van der Waals surface area contributed by atoms with Crippen LogP contribution in [0.4, 0.5) is 0 Å².